The first kappa shape index (κ1) is 22.3. The molecule has 2 heterocycles. The van der Waals surface area contributed by atoms with Gasteiger partial charge in [-0.15, -0.1) is 0 Å². The SMILES string of the molecule is CC1=C(c2ccc(NC(=O)c3ccncc3C)cc2)CN(C(=O)OCc2ccccc2)CC1. The number of nitrogens with one attached hydrogen (secondary N) is 1. The third kappa shape index (κ3) is 5.47. The van der Waals surface area contributed by atoms with Gasteiger partial charge in [0.05, 0.1) is 0 Å². The number of hydrogen-bond acceptors (Lipinski definition) is 4. The largest absolute Gasteiger partial charge is 0.445 e. The van der Waals surface area contributed by atoms with Crippen LogP contribution in [0.4, 0.5) is 10.5 Å². The average Bonchev–Trinajstić information content (AvgIpc) is 2.84. The molecule has 0 saturated carbocycles. The van der Waals surface area contributed by atoms with Crippen LogP contribution in [0, 0.1) is 6.92 Å². The van der Waals surface area contributed by atoms with Crippen molar-refractivity contribution >= 4 is 23.3 Å². The van der Waals surface area contributed by atoms with E-state index in [0.717, 1.165) is 28.7 Å². The van der Waals surface area contributed by atoms with Gasteiger partial charge in [-0.1, -0.05) is 48.0 Å². The molecule has 33 heavy (non-hydrogen) atoms. The fourth-order valence-corrected chi connectivity index (χ4v) is 3.84. The van der Waals surface area contributed by atoms with E-state index in [0.29, 0.717) is 24.3 Å². The van der Waals surface area contributed by atoms with Crippen LogP contribution in [0.25, 0.3) is 5.57 Å². The van der Waals surface area contributed by atoms with Crippen molar-refractivity contribution < 1.29 is 14.3 Å². The van der Waals surface area contributed by atoms with Crippen molar-refractivity contribution in [1.82, 2.24) is 9.88 Å². The number of anilines is 1. The van der Waals surface area contributed by atoms with Crippen molar-refractivity contribution in [3.05, 3.63) is 101 Å². The minimum absolute atomic E-state index is 0.164. The second-order valence-electron chi connectivity index (χ2n) is 8.19. The monoisotopic (exact) mass is 441 g/mol. The fraction of sp³-hybridized carbons (Fsp3) is 0.222. The molecule has 0 atom stereocenters. The lowest BCUT2D eigenvalue weighted by molar-refractivity contribution is 0.0996. The lowest BCUT2D eigenvalue weighted by Gasteiger charge is -2.29. The molecule has 3 aromatic rings. The third-order valence-corrected chi connectivity index (χ3v) is 5.84. The summed E-state index contributed by atoms with van der Waals surface area (Å²) in [5.41, 5.74) is 6.51. The Hall–Kier alpha value is -3.93. The second-order valence-corrected chi connectivity index (χ2v) is 8.19. The number of aryl methyl sites for hydroxylation is 1. The van der Waals surface area contributed by atoms with Crippen LogP contribution in [0.1, 0.15) is 40.4 Å². The predicted molar refractivity (Wildman–Crippen MR) is 129 cm³/mol. The van der Waals surface area contributed by atoms with Crippen LogP contribution in [0.2, 0.25) is 0 Å². The van der Waals surface area contributed by atoms with Gasteiger partial charge in [0.25, 0.3) is 5.91 Å². The number of pyridine rings is 1. The fourth-order valence-electron chi connectivity index (χ4n) is 3.84. The number of carbonyl (C=O) groups excluding carboxylic acids is 2. The molecular weight excluding hydrogens is 414 g/mol. The van der Waals surface area contributed by atoms with Crippen molar-refractivity contribution in [2.24, 2.45) is 0 Å². The van der Waals surface area contributed by atoms with Gasteiger partial charge in [-0.2, -0.15) is 0 Å². The number of rotatable bonds is 5. The van der Waals surface area contributed by atoms with Gasteiger partial charge in [0.1, 0.15) is 6.61 Å². The molecule has 6 nitrogen and oxygen atoms in total. The first-order chi connectivity index (χ1) is 16.0. The van der Waals surface area contributed by atoms with Crippen molar-refractivity contribution in [1.29, 1.82) is 0 Å². The molecule has 1 aromatic heterocycles. The van der Waals surface area contributed by atoms with E-state index in [1.807, 2.05) is 61.5 Å². The molecule has 0 bridgehead atoms. The van der Waals surface area contributed by atoms with Crippen molar-refractivity contribution in [2.45, 2.75) is 26.9 Å². The predicted octanol–water partition coefficient (Wildman–Crippen LogP) is 5.46. The maximum absolute atomic E-state index is 12.6. The molecular formula is C27H27N3O3. The van der Waals surface area contributed by atoms with Crippen LogP contribution in [0.5, 0.6) is 0 Å². The van der Waals surface area contributed by atoms with Gasteiger partial charge in [-0.05, 0) is 60.7 Å². The Bertz CT molecular complexity index is 1170. The summed E-state index contributed by atoms with van der Waals surface area (Å²) in [6, 6.07) is 19.1. The first-order valence-corrected chi connectivity index (χ1v) is 11.0. The molecule has 6 heteroatoms. The number of amides is 2. The molecule has 4 rings (SSSR count). The Balaban J connectivity index is 1.40. The minimum Gasteiger partial charge on any atom is -0.445 e. The van der Waals surface area contributed by atoms with Crippen LogP contribution < -0.4 is 5.32 Å². The normalized spacial score (nSPS) is 13.6. The van der Waals surface area contributed by atoms with Gasteiger partial charge in [-0.3, -0.25) is 9.78 Å². The highest BCUT2D eigenvalue weighted by atomic mass is 16.6. The van der Waals surface area contributed by atoms with Gasteiger partial charge < -0.3 is 15.0 Å². The second kappa shape index (κ2) is 10.1. The number of aromatic nitrogens is 1. The summed E-state index contributed by atoms with van der Waals surface area (Å²) in [6.07, 6.45) is 3.78. The summed E-state index contributed by atoms with van der Waals surface area (Å²) >= 11 is 0. The number of hydrogen-bond donors (Lipinski definition) is 1. The Labute approximate surface area is 193 Å². The Morgan fingerprint density at radius 3 is 2.52 bits per heavy atom. The Morgan fingerprint density at radius 2 is 1.79 bits per heavy atom. The molecule has 168 valence electrons. The summed E-state index contributed by atoms with van der Waals surface area (Å²) in [7, 11) is 0. The third-order valence-electron chi connectivity index (χ3n) is 5.84. The van der Waals surface area contributed by atoms with E-state index in [1.165, 1.54) is 5.57 Å². The number of nitrogens with zero attached hydrogens (tertiary/aromatic N) is 2. The molecule has 0 unspecified atom stereocenters. The van der Waals surface area contributed by atoms with Crippen LogP contribution in [0.3, 0.4) is 0 Å². The van der Waals surface area contributed by atoms with E-state index < -0.39 is 0 Å². The topological polar surface area (TPSA) is 71.5 Å². The minimum atomic E-state index is -0.305. The molecule has 1 aliphatic heterocycles. The van der Waals surface area contributed by atoms with Gasteiger partial charge in [0, 0.05) is 36.7 Å². The van der Waals surface area contributed by atoms with Crippen molar-refractivity contribution in [3.63, 3.8) is 0 Å². The highest BCUT2D eigenvalue weighted by molar-refractivity contribution is 6.05. The quantitative estimate of drug-likeness (QED) is 0.571. The summed E-state index contributed by atoms with van der Waals surface area (Å²) in [5.74, 6) is -0.164. The summed E-state index contributed by atoms with van der Waals surface area (Å²) in [4.78, 5) is 30.9. The van der Waals surface area contributed by atoms with Gasteiger partial charge in [0.2, 0.25) is 0 Å². The van der Waals surface area contributed by atoms with Crippen LogP contribution in [-0.4, -0.2) is 35.0 Å². The van der Waals surface area contributed by atoms with E-state index >= 15 is 0 Å². The summed E-state index contributed by atoms with van der Waals surface area (Å²) in [5, 5.41) is 2.93. The van der Waals surface area contributed by atoms with Crippen LogP contribution >= 0.6 is 0 Å². The van der Waals surface area contributed by atoms with Crippen LogP contribution in [-0.2, 0) is 11.3 Å². The Kier molecular flexibility index (Phi) is 6.83. The standard InChI is InChI=1S/C27H27N3O3/c1-19-13-15-30(27(32)33-18-21-6-4-3-5-7-21)17-25(19)22-8-10-23(11-9-22)29-26(31)24-12-14-28-16-20(24)2/h3-12,14,16H,13,15,17-18H2,1-2H3,(H,29,31). The maximum Gasteiger partial charge on any atom is 0.410 e. The van der Waals surface area contributed by atoms with E-state index in [-0.39, 0.29) is 18.6 Å². The number of ether oxygens (including phenoxy) is 1. The number of carbonyl (C=O) groups is 2. The lowest BCUT2D eigenvalue weighted by Crippen LogP contribution is -2.36. The molecule has 2 amide bonds. The zero-order valence-electron chi connectivity index (χ0n) is 18.9. The van der Waals surface area contributed by atoms with Crippen molar-refractivity contribution in [2.75, 3.05) is 18.4 Å². The highest BCUT2D eigenvalue weighted by Crippen LogP contribution is 2.28. The van der Waals surface area contributed by atoms with E-state index in [2.05, 4.69) is 17.2 Å². The number of benzene rings is 2. The maximum atomic E-state index is 12.6. The molecule has 1 aliphatic rings. The zero-order valence-corrected chi connectivity index (χ0v) is 18.9. The van der Waals surface area contributed by atoms with Gasteiger partial charge >= 0.3 is 6.09 Å². The van der Waals surface area contributed by atoms with E-state index in [4.69, 9.17) is 4.74 Å². The van der Waals surface area contributed by atoms with E-state index in [9.17, 15) is 9.59 Å². The van der Waals surface area contributed by atoms with E-state index in [1.54, 1.807) is 23.4 Å². The van der Waals surface area contributed by atoms with Crippen molar-refractivity contribution in [3.8, 4) is 0 Å². The van der Waals surface area contributed by atoms with Crippen LogP contribution in [0.15, 0.2) is 78.6 Å². The average molecular weight is 442 g/mol. The Morgan fingerprint density at radius 1 is 1.03 bits per heavy atom. The molecule has 0 fully saturated rings. The zero-order chi connectivity index (χ0) is 23.2. The molecule has 0 saturated heterocycles. The molecule has 0 aliphatic carbocycles. The molecule has 1 N–H and O–H groups in total. The first-order valence-electron chi connectivity index (χ1n) is 11.0. The highest BCUT2D eigenvalue weighted by Gasteiger charge is 2.23. The smallest absolute Gasteiger partial charge is 0.410 e. The van der Waals surface area contributed by atoms with Gasteiger partial charge in [0.15, 0.2) is 0 Å². The summed E-state index contributed by atoms with van der Waals surface area (Å²) < 4.78 is 5.51. The lowest BCUT2D eigenvalue weighted by atomic mass is 9.95. The van der Waals surface area contributed by atoms with Gasteiger partial charge in [-0.25, -0.2) is 4.79 Å². The summed E-state index contributed by atoms with van der Waals surface area (Å²) in [6.45, 7) is 5.37. The molecule has 0 radical (unpaired) electrons. The molecule has 2 aromatic carbocycles. The molecule has 0 spiro atoms.